The molecule has 4 heteroatoms. The van der Waals surface area contributed by atoms with Gasteiger partial charge in [0.25, 0.3) is 5.56 Å². The Morgan fingerprint density at radius 3 is 2.45 bits per heavy atom. The van der Waals surface area contributed by atoms with Crippen LogP contribution in [0, 0.1) is 3.57 Å². The minimum Gasteiger partial charge on any atom is -0.309 e. The molecule has 1 N–H and O–H groups in total. The molecule has 0 spiro atoms. The molecule has 1 aliphatic rings. The van der Waals surface area contributed by atoms with Crippen molar-refractivity contribution in [3.05, 3.63) is 61.8 Å². The predicted molar refractivity (Wildman–Crippen MR) is 87.9 cm³/mol. The van der Waals surface area contributed by atoms with E-state index >= 15 is 0 Å². The number of aromatic amines is 1. The summed E-state index contributed by atoms with van der Waals surface area (Å²) in [6.45, 7) is 0. The molecule has 1 saturated carbocycles. The molecular weight excluding hydrogens is 363 g/mol. The van der Waals surface area contributed by atoms with E-state index in [9.17, 15) is 4.79 Å². The van der Waals surface area contributed by atoms with Crippen LogP contribution in [-0.4, -0.2) is 9.97 Å². The molecule has 0 unspecified atom stereocenters. The Labute approximate surface area is 132 Å². The van der Waals surface area contributed by atoms with Crippen molar-refractivity contribution < 1.29 is 0 Å². The van der Waals surface area contributed by atoms with Crippen LogP contribution in [0.5, 0.6) is 0 Å². The predicted octanol–water partition coefficient (Wildman–Crippen LogP) is 3.62. The molecule has 1 aromatic carbocycles. The lowest BCUT2D eigenvalue weighted by molar-refractivity contribution is 0.329. The Morgan fingerprint density at radius 2 is 1.80 bits per heavy atom. The van der Waals surface area contributed by atoms with Crippen LogP contribution in [0.25, 0.3) is 0 Å². The first-order chi connectivity index (χ1) is 9.72. The molecule has 104 valence electrons. The van der Waals surface area contributed by atoms with Gasteiger partial charge in [-0.2, -0.15) is 0 Å². The molecule has 0 atom stereocenters. The molecule has 0 amide bonds. The summed E-state index contributed by atoms with van der Waals surface area (Å²) in [5, 5.41) is 0. The average molecular weight is 380 g/mol. The van der Waals surface area contributed by atoms with E-state index in [2.05, 4.69) is 34.2 Å². The van der Waals surface area contributed by atoms with Crippen LogP contribution in [-0.2, 0) is 5.41 Å². The number of hydrogen-bond acceptors (Lipinski definition) is 2. The van der Waals surface area contributed by atoms with Gasteiger partial charge in [-0.25, -0.2) is 4.98 Å². The number of hydrogen-bond donors (Lipinski definition) is 1. The molecular formula is C16H17IN2O. The maximum atomic E-state index is 12.0. The van der Waals surface area contributed by atoms with E-state index in [1.54, 1.807) is 6.20 Å². The van der Waals surface area contributed by atoms with Crippen LogP contribution in [0.4, 0.5) is 0 Å². The zero-order valence-corrected chi connectivity index (χ0v) is 13.4. The van der Waals surface area contributed by atoms with Crippen molar-refractivity contribution in [1.82, 2.24) is 9.97 Å². The summed E-state index contributed by atoms with van der Waals surface area (Å²) in [6, 6.07) is 10.5. The smallest absolute Gasteiger partial charge is 0.264 e. The topological polar surface area (TPSA) is 45.8 Å². The van der Waals surface area contributed by atoms with Gasteiger partial charge in [0.15, 0.2) is 0 Å². The van der Waals surface area contributed by atoms with Crippen LogP contribution in [0.3, 0.4) is 0 Å². The van der Waals surface area contributed by atoms with E-state index in [0.717, 1.165) is 18.7 Å². The third kappa shape index (κ3) is 2.41. The van der Waals surface area contributed by atoms with Gasteiger partial charge in [-0.3, -0.25) is 4.79 Å². The number of halogens is 1. The summed E-state index contributed by atoms with van der Waals surface area (Å²) in [7, 11) is 0. The lowest BCUT2D eigenvalue weighted by Gasteiger charge is -2.36. The van der Waals surface area contributed by atoms with Crippen LogP contribution in [0.1, 0.15) is 43.5 Å². The number of benzene rings is 1. The Kier molecular flexibility index (Phi) is 3.92. The van der Waals surface area contributed by atoms with Crippen LogP contribution in [0.15, 0.2) is 41.3 Å². The van der Waals surface area contributed by atoms with E-state index in [4.69, 9.17) is 0 Å². The summed E-state index contributed by atoms with van der Waals surface area (Å²) >= 11 is 2.03. The lowest BCUT2D eigenvalue weighted by atomic mass is 9.69. The second-order valence-electron chi connectivity index (χ2n) is 5.42. The highest BCUT2D eigenvalue weighted by Gasteiger charge is 2.37. The minimum absolute atomic E-state index is 0.0310. The molecule has 0 radical (unpaired) electrons. The van der Waals surface area contributed by atoms with E-state index in [1.165, 1.54) is 24.8 Å². The number of nitrogens with zero attached hydrogens (tertiary/aromatic N) is 1. The van der Waals surface area contributed by atoms with E-state index in [-0.39, 0.29) is 11.0 Å². The summed E-state index contributed by atoms with van der Waals surface area (Å²) in [5.74, 6) is 0.828. The molecule has 3 rings (SSSR count). The van der Waals surface area contributed by atoms with Gasteiger partial charge in [-0.05, 0) is 41.0 Å². The van der Waals surface area contributed by atoms with Gasteiger partial charge in [0, 0.05) is 6.20 Å². The first-order valence-corrected chi connectivity index (χ1v) is 8.11. The molecule has 1 aliphatic carbocycles. The number of H-pyrrole nitrogens is 1. The second-order valence-corrected chi connectivity index (χ2v) is 6.58. The molecule has 2 aromatic rings. The highest BCUT2D eigenvalue weighted by atomic mass is 127. The SMILES string of the molecule is O=c1[nH]c(C2(c3ccccc3)CCCCC2)ncc1I. The summed E-state index contributed by atoms with van der Waals surface area (Å²) in [4.78, 5) is 19.5. The van der Waals surface area contributed by atoms with E-state index < -0.39 is 0 Å². The Balaban J connectivity index is 2.15. The van der Waals surface area contributed by atoms with Crippen molar-refractivity contribution in [2.45, 2.75) is 37.5 Å². The molecule has 20 heavy (non-hydrogen) atoms. The maximum Gasteiger partial charge on any atom is 0.264 e. The number of nitrogens with one attached hydrogen (secondary N) is 1. The normalized spacial score (nSPS) is 17.9. The van der Waals surface area contributed by atoms with Crippen LogP contribution in [0.2, 0.25) is 0 Å². The van der Waals surface area contributed by atoms with Gasteiger partial charge in [-0.1, -0.05) is 49.6 Å². The standard InChI is InChI=1S/C16H17IN2O/c17-13-11-18-15(19-14(13)20)16(9-5-2-6-10-16)12-7-3-1-4-8-12/h1,3-4,7-8,11H,2,5-6,9-10H2,(H,18,19,20). The maximum absolute atomic E-state index is 12.0. The van der Waals surface area contributed by atoms with Gasteiger partial charge < -0.3 is 4.98 Å². The monoisotopic (exact) mass is 380 g/mol. The molecule has 0 saturated heterocycles. The first-order valence-electron chi connectivity index (χ1n) is 7.03. The molecule has 0 aliphatic heterocycles. The fraction of sp³-hybridized carbons (Fsp3) is 0.375. The molecule has 1 heterocycles. The zero-order chi connectivity index (χ0) is 14.0. The molecule has 1 fully saturated rings. The van der Waals surface area contributed by atoms with Crippen LogP contribution < -0.4 is 5.56 Å². The third-order valence-electron chi connectivity index (χ3n) is 4.24. The molecule has 1 aromatic heterocycles. The minimum atomic E-state index is -0.122. The summed E-state index contributed by atoms with van der Waals surface area (Å²) < 4.78 is 0.644. The fourth-order valence-electron chi connectivity index (χ4n) is 3.20. The van der Waals surface area contributed by atoms with Gasteiger partial charge in [-0.15, -0.1) is 0 Å². The van der Waals surface area contributed by atoms with Crippen molar-refractivity contribution in [3.63, 3.8) is 0 Å². The third-order valence-corrected chi connectivity index (χ3v) is 5.01. The highest BCUT2D eigenvalue weighted by molar-refractivity contribution is 14.1. The van der Waals surface area contributed by atoms with Crippen molar-refractivity contribution in [2.75, 3.05) is 0 Å². The number of aromatic nitrogens is 2. The fourth-order valence-corrected chi connectivity index (χ4v) is 3.47. The zero-order valence-electron chi connectivity index (χ0n) is 11.2. The molecule has 0 bridgehead atoms. The number of rotatable bonds is 2. The van der Waals surface area contributed by atoms with Gasteiger partial charge in [0.05, 0.1) is 8.99 Å². The molecule has 3 nitrogen and oxygen atoms in total. The average Bonchev–Trinajstić information content (AvgIpc) is 2.51. The second kappa shape index (κ2) is 5.68. The van der Waals surface area contributed by atoms with Gasteiger partial charge in [0.2, 0.25) is 0 Å². The van der Waals surface area contributed by atoms with Gasteiger partial charge in [0.1, 0.15) is 5.82 Å². The quantitative estimate of drug-likeness (QED) is 0.809. The van der Waals surface area contributed by atoms with E-state index in [0.29, 0.717) is 3.57 Å². The van der Waals surface area contributed by atoms with Gasteiger partial charge >= 0.3 is 0 Å². The largest absolute Gasteiger partial charge is 0.309 e. The Morgan fingerprint density at radius 1 is 1.10 bits per heavy atom. The van der Waals surface area contributed by atoms with E-state index in [1.807, 2.05) is 28.7 Å². The lowest BCUT2D eigenvalue weighted by Crippen LogP contribution is -2.34. The summed E-state index contributed by atoms with van der Waals surface area (Å²) in [6.07, 6.45) is 7.44. The Hall–Kier alpha value is -1.17. The first kappa shape index (κ1) is 13.8. The van der Waals surface area contributed by atoms with Crippen molar-refractivity contribution in [3.8, 4) is 0 Å². The van der Waals surface area contributed by atoms with Crippen LogP contribution >= 0.6 is 22.6 Å². The highest BCUT2D eigenvalue weighted by Crippen LogP contribution is 2.42. The van der Waals surface area contributed by atoms with Crippen molar-refractivity contribution >= 4 is 22.6 Å². The van der Waals surface area contributed by atoms with Crippen molar-refractivity contribution in [1.29, 1.82) is 0 Å². The summed E-state index contributed by atoms with van der Waals surface area (Å²) in [5.41, 5.74) is 1.11. The Bertz CT molecular complexity index is 645. The van der Waals surface area contributed by atoms with Crippen molar-refractivity contribution in [2.24, 2.45) is 0 Å².